The number of benzene rings is 3. The smallest absolute Gasteiger partial charge is 0.115 e. The van der Waals surface area contributed by atoms with E-state index in [1.54, 1.807) is 24.3 Å². The van der Waals surface area contributed by atoms with Crippen molar-refractivity contribution in [3.63, 3.8) is 0 Å². The highest BCUT2D eigenvalue weighted by molar-refractivity contribution is 5.51. The second-order valence-corrected chi connectivity index (χ2v) is 6.67. The van der Waals surface area contributed by atoms with Crippen LogP contribution in [0.5, 0.6) is 11.5 Å². The Hall–Kier alpha value is -2.74. The largest absolute Gasteiger partial charge is 0.508 e. The molecule has 3 rings (SSSR count). The quantitative estimate of drug-likeness (QED) is 0.614. The summed E-state index contributed by atoms with van der Waals surface area (Å²) in [5.41, 5.74) is 4.35. The Morgan fingerprint density at radius 2 is 1.00 bits per heavy atom. The van der Waals surface area contributed by atoms with E-state index in [4.69, 9.17) is 0 Å². The van der Waals surface area contributed by atoms with Crippen LogP contribution in [-0.2, 0) is 11.8 Å². The van der Waals surface area contributed by atoms with Crippen LogP contribution < -0.4 is 0 Å². The van der Waals surface area contributed by atoms with Crippen molar-refractivity contribution >= 4 is 0 Å². The molecular formula is C23H24O2. The van der Waals surface area contributed by atoms with Gasteiger partial charge in [0.25, 0.3) is 0 Å². The van der Waals surface area contributed by atoms with E-state index in [1.807, 2.05) is 24.3 Å². The molecule has 0 amide bonds. The Balaban J connectivity index is 2.14. The van der Waals surface area contributed by atoms with E-state index in [9.17, 15) is 10.2 Å². The molecule has 0 saturated carbocycles. The summed E-state index contributed by atoms with van der Waals surface area (Å²) in [6, 6.07) is 23.5. The first kappa shape index (κ1) is 17.1. The fourth-order valence-corrected chi connectivity index (χ4v) is 3.38. The summed E-state index contributed by atoms with van der Waals surface area (Å²) < 4.78 is 0. The predicted molar refractivity (Wildman–Crippen MR) is 102 cm³/mol. The molecule has 0 spiro atoms. The third-order valence-corrected chi connectivity index (χ3v) is 4.96. The third-order valence-electron chi connectivity index (χ3n) is 4.96. The Bertz CT molecular complexity index is 770. The molecule has 25 heavy (non-hydrogen) atoms. The minimum absolute atomic E-state index is 0.259. The van der Waals surface area contributed by atoms with Gasteiger partial charge in [-0.15, -0.1) is 0 Å². The van der Waals surface area contributed by atoms with Crippen molar-refractivity contribution in [2.45, 2.75) is 32.1 Å². The van der Waals surface area contributed by atoms with E-state index in [0.29, 0.717) is 0 Å². The molecule has 0 bridgehead atoms. The highest BCUT2D eigenvalue weighted by Crippen LogP contribution is 2.39. The van der Waals surface area contributed by atoms with Crippen molar-refractivity contribution in [1.29, 1.82) is 0 Å². The van der Waals surface area contributed by atoms with Crippen LogP contribution in [0.2, 0.25) is 0 Å². The molecule has 128 valence electrons. The van der Waals surface area contributed by atoms with E-state index in [2.05, 4.69) is 38.1 Å². The van der Waals surface area contributed by atoms with Crippen molar-refractivity contribution in [3.05, 3.63) is 95.1 Å². The summed E-state index contributed by atoms with van der Waals surface area (Å²) in [7, 11) is 0. The standard InChI is InChI=1S/C23H24O2/c1-3-4-17-5-7-18(8-6-17)23(2,19-9-13-21(24)14-10-19)20-11-15-22(25)16-12-20/h5-16,24-25H,3-4H2,1-2H3. The fourth-order valence-electron chi connectivity index (χ4n) is 3.38. The van der Waals surface area contributed by atoms with Crippen LogP contribution in [0.3, 0.4) is 0 Å². The van der Waals surface area contributed by atoms with E-state index in [0.717, 1.165) is 24.0 Å². The lowest BCUT2D eigenvalue weighted by molar-refractivity contribution is 0.474. The minimum Gasteiger partial charge on any atom is -0.508 e. The van der Waals surface area contributed by atoms with Gasteiger partial charge < -0.3 is 10.2 Å². The molecule has 3 aromatic rings. The SMILES string of the molecule is CCCc1ccc(C(C)(c2ccc(O)cc2)c2ccc(O)cc2)cc1. The van der Waals surface area contributed by atoms with E-state index >= 15 is 0 Å². The Labute approximate surface area is 149 Å². The van der Waals surface area contributed by atoms with E-state index in [1.165, 1.54) is 11.1 Å². The van der Waals surface area contributed by atoms with Gasteiger partial charge in [0, 0.05) is 5.41 Å². The fraction of sp³-hybridized carbons (Fsp3) is 0.217. The second-order valence-electron chi connectivity index (χ2n) is 6.67. The maximum atomic E-state index is 9.66. The zero-order chi connectivity index (χ0) is 17.9. The zero-order valence-corrected chi connectivity index (χ0v) is 14.7. The topological polar surface area (TPSA) is 40.5 Å². The van der Waals surface area contributed by atoms with Crippen LogP contribution in [0.15, 0.2) is 72.8 Å². The molecule has 0 atom stereocenters. The van der Waals surface area contributed by atoms with Crippen LogP contribution >= 0.6 is 0 Å². The summed E-state index contributed by atoms with van der Waals surface area (Å²) in [5.74, 6) is 0.519. The molecule has 0 saturated heterocycles. The Morgan fingerprint density at radius 1 is 0.640 bits per heavy atom. The van der Waals surface area contributed by atoms with Crippen LogP contribution in [0.4, 0.5) is 0 Å². The number of aromatic hydroxyl groups is 2. The van der Waals surface area contributed by atoms with E-state index in [-0.39, 0.29) is 16.9 Å². The summed E-state index contributed by atoms with van der Waals surface area (Å²) in [6.07, 6.45) is 2.21. The van der Waals surface area contributed by atoms with Gasteiger partial charge in [-0.05, 0) is 59.9 Å². The molecule has 2 heteroatoms. The van der Waals surface area contributed by atoms with Gasteiger partial charge in [0.15, 0.2) is 0 Å². The summed E-state index contributed by atoms with van der Waals surface area (Å²) in [5, 5.41) is 19.3. The van der Waals surface area contributed by atoms with Crippen LogP contribution in [-0.4, -0.2) is 10.2 Å². The normalized spacial score (nSPS) is 11.4. The number of phenols is 2. The van der Waals surface area contributed by atoms with Gasteiger partial charge in [0.05, 0.1) is 0 Å². The van der Waals surface area contributed by atoms with Crippen LogP contribution in [0.25, 0.3) is 0 Å². The van der Waals surface area contributed by atoms with E-state index < -0.39 is 0 Å². The molecule has 2 N–H and O–H groups in total. The van der Waals surface area contributed by atoms with Gasteiger partial charge in [-0.2, -0.15) is 0 Å². The van der Waals surface area contributed by atoms with Crippen molar-refractivity contribution in [2.24, 2.45) is 0 Å². The van der Waals surface area contributed by atoms with Gasteiger partial charge >= 0.3 is 0 Å². The van der Waals surface area contributed by atoms with Crippen LogP contribution in [0.1, 0.15) is 42.5 Å². The highest BCUT2D eigenvalue weighted by Gasteiger charge is 2.31. The first-order valence-corrected chi connectivity index (χ1v) is 8.72. The van der Waals surface area contributed by atoms with Crippen molar-refractivity contribution in [2.75, 3.05) is 0 Å². The molecule has 2 nitrogen and oxygen atoms in total. The molecule has 0 aliphatic heterocycles. The average molecular weight is 332 g/mol. The molecule has 0 heterocycles. The van der Waals surface area contributed by atoms with Crippen molar-refractivity contribution in [1.82, 2.24) is 0 Å². The molecule has 0 radical (unpaired) electrons. The van der Waals surface area contributed by atoms with Gasteiger partial charge in [-0.3, -0.25) is 0 Å². The average Bonchev–Trinajstić information content (AvgIpc) is 2.63. The molecule has 0 aliphatic rings. The predicted octanol–water partition coefficient (Wildman–Crippen LogP) is 5.40. The lowest BCUT2D eigenvalue weighted by Gasteiger charge is -2.32. The number of aryl methyl sites for hydroxylation is 1. The first-order chi connectivity index (χ1) is 12.0. The molecule has 3 aromatic carbocycles. The number of hydrogen-bond donors (Lipinski definition) is 2. The van der Waals surface area contributed by atoms with Gasteiger partial charge in [0.2, 0.25) is 0 Å². The maximum absolute atomic E-state index is 9.66. The summed E-state index contributed by atoms with van der Waals surface area (Å²) >= 11 is 0. The number of hydrogen-bond acceptors (Lipinski definition) is 2. The Morgan fingerprint density at radius 3 is 1.36 bits per heavy atom. The lowest BCUT2D eigenvalue weighted by atomic mass is 9.71. The molecule has 0 fully saturated rings. The summed E-state index contributed by atoms with van der Waals surface area (Å²) in [6.45, 7) is 4.37. The molecule has 0 aromatic heterocycles. The second kappa shape index (κ2) is 7.02. The molecule has 0 aliphatic carbocycles. The van der Waals surface area contributed by atoms with Gasteiger partial charge in [-0.1, -0.05) is 61.9 Å². The minimum atomic E-state index is -0.369. The Kier molecular flexibility index (Phi) is 4.80. The number of rotatable bonds is 5. The van der Waals surface area contributed by atoms with Crippen molar-refractivity contribution in [3.8, 4) is 11.5 Å². The van der Waals surface area contributed by atoms with Gasteiger partial charge in [-0.25, -0.2) is 0 Å². The molecule has 0 unspecified atom stereocenters. The highest BCUT2D eigenvalue weighted by atomic mass is 16.3. The third kappa shape index (κ3) is 3.39. The van der Waals surface area contributed by atoms with Gasteiger partial charge in [0.1, 0.15) is 11.5 Å². The number of phenolic OH excluding ortho intramolecular Hbond substituents is 2. The lowest BCUT2D eigenvalue weighted by Crippen LogP contribution is -2.25. The monoisotopic (exact) mass is 332 g/mol. The molecular weight excluding hydrogens is 308 g/mol. The summed E-state index contributed by atoms with van der Waals surface area (Å²) in [4.78, 5) is 0. The zero-order valence-electron chi connectivity index (χ0n) is 14.7. The first-order valence-electron chi connectivity index (χ1n) is 8.72. The maximum Gasteiger partial charge on any atom is 0.115 e. The van der Waals surface area contributed by atoms with Crippen LogP contribution in [0, 0.1) is 0 Å². The van der Waals surface area contributed by atoms with Crippen molar-refractivity contribution < 1.29 is 10.2 Å².